The van der Waals surface area contributed by atoms with Crippen LogP contribution in [0.2, 0.25) is 5.02 Å². The second kappa shape index (κ2) is 5.04. The number of hydrogen-bond acceptors (Lipinski definition) is 2. The van der Waals surface area contributed by atoms with Gasteiger partial charge in [0.05, 0.1) is 4.47 Å². The largest absolute Gasteiger partial charge is 0.453 e. The van der Waals surface area contributed by atoms with E-state index in [1.54, 1.807) is 24.3 Å². The molecule has 100 valence electrons. The van der Waals surface area contributed by atoms with E-state index in [9.17, 15) is 9.18 Å². The summed E-state index contributed by atoms with van der Waals surface area (Å²) in [7, 11) is 0. The Morgan fingerprint density at radius 2 is 1.95 bits per heavy atom. The average molecular weight is 354 g/mol. The second-order valence-electron chi connectivity index (χ2n) is 4.25. The second-order valence-corrected chi connectivity index (χ2v) is 5.54. The lowest BCUT2D eigenvalue weighted by Crippen LogP contribution is -1.99. The van der Waals surface area contributed by atoms with Gasteiger partial charge in [-0.05, 0) is 58.4 Å². The smallest absolute Gasteiger partial charge is 0.228 e. The standard InChI is InChI=1S/C15H7BrClFO2/c16-11-6-8(1-3-12(11)18)15(19)14-7-9-5-10(17)2-4-13(9)20-14/h1-7H. The van der Waals surface area contributed by atoms with Crippen LogP contribution in [0.1, 0.15) is 16.1 Å². The van der Waals surface area contributed by atoms with Crippen molar-refractivity contribution in [2.24, 2.45) is 0 Å². The lowest BCUT2D eigenvalue weighted by Gasteiger charge is -1.99. The number of ketones is 1. The fourth-order valence-electron chi connectivity index (χ4n) is 1.91. The minimum absolute atomic E-state index is 0.195. The van der Waals surface area contributed by atoms with Crippen LogP contribution in [0, 0.1) is 5.82 Å². The van der Waals surface area contributed by atoms with Crippen LogP contribution in [0.4, 0.5) is 4.39 Å². The van der Waals surface area contributed by atoms with Crippen LogP contribution in [0.3, 0.4) is 0 Å². The predicted molar refractivity (Wildman–Crippen MR) is 78.8 cm³/mol. The third kappa shape index (κ3) is 2.37. The van der Waals surface area contributed by atoms with Crippen molar-refractivity contribution in [1.29, 1.82) is 0 Å². The van der Waals surface area contributed by atoms with Gasteiger partial charge < -0.3 is 4.42 Å². The first-order valence-corrected chi connectivity index (χ1v) is 6.90. The number of carbonyl (C=O) groups excluding carboxylic acids is 1. The molecule has 0 N–H and O–H groups in total. The van der Waals surface area contributed by atoms with E-state index >= 15 is 0 Å². The summed E-state index contributed by atoms with van der Waals surface area (Å²) < 4.78 is 18.9. The zero-order valence-electron chi connectivity index (χ0n) is 9.99. The quantitative estimate of drug-likeness (QED) is 0.591. The molecule has 1 heterocycles. The van der Waals surface area contributed by atoms with Gasteiger partial charge in [-0.2, -0.15) is 0 Å². The van der Waals surface area contributed by atoms with Gasteiger partial charge in [-0.3, -0.25) is 4.79 Å². The Balaban J connectivity index is 2.05. The molecular weight excluding hydrogens is 347 g/mol. The van der Waals surface area contributed by atoms with Crippen LogP contribution in [0.25, 0.3) is 11.0 Å². The molecule has 2 aromatic carbocycles. The van der Waals surface area contributed by atoms with Crippen LogP contribution in [0.15, 0.2) is 51.4 Å². The van der Waals surface area contributed by atoms with Crippen LogP contribution < -0.4 is 0 Å². The van der Waals surface area contributed by atoms with Gasteiger partial charge in [-0.25, -0.2) is 4.39 Å². The Bertz CT molecular complexity index is 826. The minimum Gasteiger partial charge on any atom is -0.453 e. The highest BCUT2D eigenvalue weighted by Gasteiger charge is 2.16. The molecule has 0 aliphatic heterocycles. The lowest BCUT2D eigenvalue weighted by molar-refractivity contribution is 0.101. The molecule has 0 atom stereocenters. The lowest BCUT2D eigenvalue weighted by atomic mass is 10.1. The first-order chi connectivity index (χ1) is 9.54. The average Bonchev–Trinajstić information content (AvgIpc) is 2.84. The van der Waals surface area contributed by atoms with Crippen molar-refractivity contribution in [2.45, 2.75) is 0 Å². The van der Waals surface area contributed by atoms with E-state index in [1.807, 2.05) is 0 Å². The van der Waals surface area contributed by atoms with E-state index in [0.717, 1.165) is 5.39 Å². The molecule has 3 rings (SSSR count). The van der Waals surface area contributed by atoms with Crippen molar-refractivity contribution < 1.29 is 13.6 Å². The van der Waals surface area contributed by atoms with Crippen LogP contribution in [0.5, 0.6) is 0 Å². The molecule has 5 heteroatoms. The maximum absolute atomic E-state index is 13.2. The van der Waals surface area contributed by atoms with Crippen molar-refractivity contribution in [1.82, 2.24) is 0 Å². The number of furan rings is 1. The highest BCUT2D eigenvalue weighted by Crippen LogP contribution is 2.25. The SMILES string of the molecule is O=C(c1ccc(F)c(Br)c1)c1cc2cc(Cl)ccc2o1. The summed E-state index contributed by atoms with van der Waals surface area (Å²) in [6.07, 6.45) is 0. The van der Waals surface area contributed by atoms with Crippen LogP contribution in [-0.2, 0) is 0 Å². The number of rotatable bonds is 2. The molecule has 0 aliphatic carbocycles. The molecule has 1 aromatic heterocycles. The first kappa shape index (κ1) is 13.3. The summed E-state index contributed by atoms with van der Waals surface area (Å²) in [6.45, 7) is 0. The Morgan fingerprint density at radius 3 is 2.70 bits per heavy atom. The third-order valence-corrected chi connectivity index (χ3v) is 3.73. The van der Waals surface area contributed by atoms with Gasteiger partial charge >= 0.3 is 0 Å². The monoisotopic (exact) mass is 352 g/mol. The predicted octanol–water partition coefficient (Wildman–Crippen LogP) is 5.22. The van der Waals surface area contributed by atoms with E-state index in [-0.39, 0.29) is 16.0 Å². The minimum atomic E-state index is -0.419. The molecule has 20 heavy (non-hydrogen) atoms. The normalized spacial score (nSPS) is 10.9. The fourth-order valence-corrected chi connectivity index (χ4v) is 2.47. The first-order valence-electron chi connectivity index (χ1n) is 5.73. The number of halogens is 3. The molecule has 0 saturated heterocycles. The van der Waals surface area contributed by atoms with Crippen molar-refractivity contribution in [3.63, 3.8) is 0 Å². The van der Waals surface area contributed by atoms with Gasteiger partial charge in [0.15, 0.2) is 5.76 Å². The molecule has 3 aromatic rings. The Hall–Kier alpha value is -1.65. The Labute approximate surface area is 127 Å². The highest BCUT2D eigenvalue weighted by atomic mass is 79.9. The zero-order valence-corrected chi connectivity index (χ0v) is 12.3. The van der Waals surface area contributed by atoms with Crippen molar-refractivity contribution in [3.8, 4) is 0 Å². The molecule has 0 unspecified atom stereocenters. The summed E-state index contributed by atoms with van der Waals surface area (Å²) in [6, 6.07) is 10.8. The van der Waals surface area contributed by atoms with Crippen LogP contribution in [-0.4, -0.2) is 5.78 Å². The van der Waals surface area contributed by atoms with Crippen molar-refractivity contribution in [2.75, 3.05) is 0 Å². The fraction of sp³-hybridized carbons (Fsp3) is 0. The van der Waals surface area contributed by atoms with Gasteiger partial charge in [0.1, 0.15) is 11.4 Å². The van der Waals surface area contributed by atoms with Gasteiger partial charge in [0.2, 0.25) is 5.78 Å². The van der Waals surface area contributed by atoms with Gasteiger partial charge in [-0.15, -0.1) is 0 Å². The van der Waals surface area contributed by atoms with E-state index < -0.39 is 5.82 Å². The molecule has 0 aliphatic rings. The van der Waals surface area contributed by atoms with E-state index in [4.69, 9.17) is 16.0 Å². The Morgan fingerprint density at radius 1 is 1.15 bits per heavy atom. The van der Waals surface area contributed by atoms with E-state index in [1.165, 1.54) is 18.2 Å². The van der Waals surface area contributed by atoms with Crippen molar-refractivity contribution in [3.05, 3.63) is 69.1 Å². The molecule has 0 spiro atoms. The van der Waals surface area contributed by atoms with Gasteiger partial charge in [-0.1, -0.05) is 11.6 Å². The molecule has 0 saturated carbocycles. The number of benzene rings is 2. The summed E-state index contributed by atoms with van der Waals surface area (Å²) in [4.78, 5) is 12.3. The van der Waals surface area contributed by atoms with E-state index in [0.29, 0.717) is 16.2 Å². The third-order valence-electron chi connectivity index (χ3n) is 2.88. The molecule has 0 fully saturated rings. The molecule has 0 amide bonds. The molecule has 2 nitrogen and oxygen atoms in total. The maximum Gasteiger partial charge on any atom is 0.228 e. The highest BCUT2D eigenvalue weighted by molar-refractivity contribution is 9.10. The Kier molecular flexibility index (Phi) is 3.36. The number of hydrogen-bond donors (Lipinski definition) is 0. The maximum atomic E-state index is 13.2. The van der Waals surface area contributed by atoms with Gasteiger partial charge in [0.25, 0.3) is 0 Å². The van der Waals surface area contributed by atoms with Gasteiger partial charge in [0, 0.05) is 16.0 Å². The summed E-state index contributed by atoms with van der Waals surface area (Å²) in [5.41, 5.74) is 0.933. The summed E-state index contributed by atoms with van der Waals surface area (Å²) >= 11 is 8.94. The topological polar surface area (TPSA) is 30.2 Å². The number of fused-ring (bicyclic) bond motifs is 1. The number of carbonyl (C=O) groups is 1. The molecular formula is C15H7BrClFO2. The van der Waals surface area contributed by atoms with Crippen molar-refractivity contribution >= 4 is 44.3 Å². The van der Waals surface area contributed by atoms with E-state index in [2.05, 4.69) is 15.9 Å². The molecule has 0 bridgehead atoms. The van der Waals surface area contributed by atoms with Crippen LogP contribution >= 0.6 is 27.5 Å². The zero-order chi connectivity index (χ0) is 14.3. The summed E-state index contributed by atoms with van der Waals surface area (Å²) in [5, 5.41) is 1.32. The summed E-state index contributed by atoms with van der Waals surface area (Å²) in [5.74, 6) is -0.531. The molecule has 0 radical (unpaired) electrons.